The maximum Gasteiger partial charge on any atom is 0.122 e. The van der Waals surface area contributed by atoms with Gasteiger partial charge in [0.15, 0.2) is 0 Å². The molecule has 0 aliphatic heterocycles. The number of H-pyrrole nitrogens is 1. The zero-order chi connectivity index (χ0) is 5.98. The van der Waals surface area contributed by atoms with E-state index in [0.29, 0.717) is 10.7 Å². The van der Waals surface area contributed by atoms with Gasteiger partial charge in [0, 0.05) is 0 Å². The van der Waals surface area contributed by atoms with Crippen molar-refractivity contribution in [2.45, 2.75) is 0 Å². The third-order valence-corrected chi connectivity index (χ3v) is 0.984. The van der Waals surface area contributed by atoms with Crippen molar-refractivity contribution in [1.82, 2.24) is 9.97 Å². The van der Waals surface area contributed by atoms with Crippen LogP contribution in [0.4, 0.5) is 0 Å². The van der Waals surface area contributed by atoms with Crippen LogP contribution in [0.25, 0.3) is 0 Å². The van der Waals surface area contributed by atoms with Crippen molar-refractivity contribution in [2.75, 3.05) is 0 Å². The average Bonchev–Trinajstić information content (AvgIpc) is 2.12. The van der Waals surface area contributed by atoms with Gasteiger partial charge in [0.2, 0.25) is 0 Å². The Labute approximate surface area is 51.9 Å². The van der Waals surface area contributed by atoms with Gasteiger partial charge in [0.05, 0.1) is 18.2 Å². The molecule has 1 heterocycles. The summed E-state index contributed by atoms with van der Waals surface area (Å²) >= 11 is 4.62. The van der Waals surface area contributed by atoms with Gasteiger partial charge in [0.1, 0.15) is 4.99 Å². The van der Waals surface area contributed by atoms with Crippen LogP contribution in [0.15, 0.2) is 12.5 Å². The zero-order valence-electron chi connectivity index (χ0n) is 4.09. The topological polar surface area (TPSA) is 54.7 Å². The monoisotopic (exact) mass is 127 g/mol. The Bertz CT molecular complexity index is 179. The number of aromatic nitrogens is 2. The van der Waals surface area contributed by atoms with Crippen LogP contribution in [0.3, 0.4) is 0 Å². The first-order valence-electron chi connectivity index (χ1n) is 2.09. The van der Waals surface area contributed by atoms with Crippen LogP contribution in [0.2, 0.25) is 0 Å². The molecule has 0 amide bonds. The van der Waals surface area contributed by atoms with Crippen molar-refractivity contribution in [3.63, 3.8) is 0 Å². The number of hydrogen-bond donors (Lipinski definition) is 2. The molecule has 0 aromatic carbocycles. The minimum absolute atomic E-state index is 0.350. The average molecular weight is 127 g/mol. The van der Waals surface area contributed by atoms with E-state index in [4.69, 9.17) is 5.73 Å². The molecule has 0 fully saturated rings. The van der Waals surface area contributed by atoms with E-state index in [2.05, 4.69) is 22.2 Å². The Kier molecular flexibility index (Phi) is 1.26. The first-order chi connectivity index (χ1) is 3.80. The lowest BCUT2D eigenvalue weighted by Crippen LogP contribution is -2.09. The van der Waals surface area contributed by atoms with Gasteiger partial charge in [-0.1, -0.05) is 12.2 Å². The predicted octanol–water partition coefficient (Wildman–Crippen LogP) is 0.0439. The van der Waals surface area contributed by atoms with Crippen LogP contribution in [0.1, 0.15) is 5.69 Å². The molecule has 0 aliphatic carbocycles. The summed E-state index contributed by atoms with van der Waals surface area (Å²) in [4.78, 5) is 6.83. The molecule has 8 heavy (non-hydrogen) atoms. The minimum Gasteiger partial charge on any atom is -0.388 e. The van der Waals surface area contributed by atoms with Gasteiger partial charge in [-0.3, -0.25) is 0 Å². The zero-order valence-corrected chi connectivity index (χ0v) is 4.90. The summed E-state index contributed by atoms with van der Waals surface area (Å²) in [5.41, 5.74) is 5.93. The highest BCUT2D eigenvalue weighted by Gasteiger charge is 1.91. The largest absolute Gasteiger partial charge is 0.388 e. The highest BCUT2D eigenvalue weighted by atomic mass is 32.1. The van der Waals surface area contributed by atoms with Gasteiger partial charge in [0.25, 0.3) is 0 Å². The third-order valence-electron chi connectivity index (χ3n) is 0.764. The molecule has 3 N–H and O–H groups in total. The van der Waals surface area contributed by atoms with Crippen LogP contribution in [-0.4, -0.2) is 15.0 Å². The van der Waals surface area contributed by atoms with Crippen molar-refractivity contribution >= 4 is 17.2 Å². The summed E-state index contributed by atoms with van der Waals surface area (Å²) in [5.74, 6) is 0. The summed E-state index contributed by atoms with van der Waals surface area (Å²) < 4.78 is 0. The second-order valence-corrected chi connectivity index (χ2v) is 1.77. The van der Waals surface area contributed by atoms with E-state index in [1.54, 1.807) is 6.20 Å². The van der Waals surface area contributed by atoms with Crippen molar-refractivity contribution < 1.29 is 0 Å². The first-order valence-corrected chi connectivity index (χ1v) is 2.49. The number of imidazole rings is 1. The van der Waals surface area contributed by atoms with Gasteiger partial charge >= 0.3 is 0 Å². The van der Waals surface area contributed by atoms with Crippen molar-refractivity contribution in [2.24, 2.45) is 5.73 Å². The lowest BCUT2D eigenvalue weighted by Gasteiger charge is -1.84. The van der Waals surface area contributed by atoms with Gasteiger partial charge < -0.3 is 10.7 Å². The van der Waals surface area contributed by atoms with Crippen LogP contribution in [0, 0.1) is 0 Å². The highest BCUT2D eigenvalue weighted by molar-refractivity contribution is 7.80. The van der Waals surface area contributed by atoms with E-state index in [1.807, 2.05) is 0 Å². The molecular formula is C4H5N3S. The van der Waals surface area contributed by atoms with Crippen LogP contribution >= 0.6 is 12.2 Å². The van der Waals surface area contributed by atoms with E-state index in [-0.39, 0.29) is 0 Å². The number of nitrogens with one attached hydrogen (secondary N) is 1. The lowest BCUT2D eigenvalue weighted by atomic mass is 10.5. The Hall–Kier alpha value is -0.900. The molecule has 4 heteroatoms. The molecule has 1 aromatic heterocycles. The fourth-order valence-corrected chi connectivity index (χ4v) is 0.502. The SMILES string of the molecule is NC(=S)c1cnc[nH]1. The van der Waals surface area contributed by atoms with Gasteiger partial charge in [-0.15, -0.1) is 0 Å². The molecule has 0 spiro atoms. The van der Waals surface area contributed by atoms with Crippen molar-refractivity contribution in [1.29, 1.82) is 0 Å². The summed E-state index contributed by atoms with van der Waals surface area (Å²) in [7, 11) is 0. The molecule has 0 saturated carbocycles. The lowest BCUT2D eigenvalue weighted by molar-refractivity contribution is 1.31. The molecule has 0 saturated heterocycles. The van der Waals surface area contributed by atoms with Crippen molar-refractivity contribution in [3.05, 3.63) is 18.2 Å². The quantitative estimate of drug-likeness (QED) is 0.524. The number of rotatable bonds is 1. The Morgan fingerprint density at radius 3 is 2.88 bits per heavy atom. The molecule has 42 valence electrons. The molecule has 1 rings (SSSR count). The maximum atomic E-state index is 5.22. The fourth-order valence-electron chi connectivity index (χ4n) is 0.391. The molecule has 3 nitrogen and oxygen atoms in total. The third kappa shape index (κ3) is 0.840. The number of aromatic amines is 1. The van der Waals surface area contributed by atoms with Crippen LogP contribution in [-0.2, 0) is 0 Å². The number of nitrogens with two attached hydrogens (primary N) is 1. The second kappa shape index (κ2) is 1.92. The summed E-state index contributed by atoms with van der Waals surface area (Å²) in [5, 5.41) is 0. The minimum atomic E-state index is 0.350. The molecule has 0 radical (unpaired) electrons. The van der Waals surface area contributed by atoms with E-state index in [0.717, 1.165) is 0 Å². The van der Waals surface area contributed by atoms with E-state index in [9.17, 15) is 0 Å². The summed E-state index contributed by atoms with van der Waals surface area (Å²) in [6, 6.07) is 0. The molecule has 0 unspecified atom stereocenters. The summed E-state index contributed by atoms with van der Waals surface area (Å²) in [6.45, 7) is 0. The van der Waals surface area contributed by atoms with Gasteiger partial charge in [-0.2, -0.15) is 0 Å². The Balaban J connectivity index is 2.93. The van der Waals surface area contributed by atoms with Gasteiger partial charge in [-0.05, 0) is 0 Å². The molecule has 0 aliphatic rings. The van der Waals surface area contributed by atoms with E-state index < -0.39 is 0 Å². The standard InChI is InChI=1S/C4H5N3S/c5-4(8)3-1-6-2-7-3/h1-2H,(H2,5,8)(H,6,7). The maximum absolute atomic E-state index is 5.22. The first kappa shape index (κ1) is 5.24. The number of hydrogen-bond acceptors (Lipinski definition) is 2. The Morgan fingerprint density at radius 2 is 2.62 bits per heavy atom. The van der Waals surface area contributed by atoms with Crippen LogP contribution < -0.4 is 5.73 Å². The fraction of sp³-hybridized carbons (Fsp3) is 0. The molecule has 0 atom stereocenters. The molecular weight excluding hydrogens is 122 g/mol. The Morgan fingerprint density at radius 1 is 1.88 bits per heavy atom. The smallest absolute Gasteiger partial charge is 0.122 e. The van der Waals surface area contributed by atoms with E-state index >= 15 is 0 Å². The van der Waals surface area contributed by atoms with E-state index in [1.165, 1.54) is 6.33 Å². The number of thiocarbonyl (C=S) groups is 1. The highest BCUT2D eigenvalue weighted by Crippen LogP contribution is 1.87. The number of nitrogens with zero attached hydrogens (tertiary/aromatic N) is 1. The second-order valence-electron chi connectivity index (χ2n) is 1.33. The normalized spacial score (nSPS) is 9.00. The predicted molar refractivity (Wildman–Crippen MR) is 34.5 cm³/mol. The van der Waals surface area contributed by atoms with Crippen LogP contribution in [0.5, 0.6) is 0 Å². The molecule has 1 aromatic rings. The van der Waals surface area contributed by atoms with Gasteiger partial charge in [-0.25, -0.2) is 4.98 Å². The molecule has 0 bridgehead atoms. The van der Waals surface area contributed by atoms with Crippen molar-refractivity contribution in [3.8, 4) is 0 Å². The summed E-state index contributed by atoms with van der Waals surface area (Å²) in [6.07, 6.45) is 3.12.